The molecule has 0 saturated heterocycles. The van der Waals surface area contributed by atoms with Gasteiger partial charge < -0.3 is 19.9 Å². The van der Waals surface area contributed by atoms with Gasteiger partial charge in [-0.25, -0.2) is 4.79 Å². The summed E-state index contributed by atoms with van der Waals surface area (Å²) >= 11 is 9.50. The molecule has 0 atom stereocenters. The highest BCUT2D eigenvalue weighted by Gasteiger charge is 2.15. The summed E-state index contributed by atoms with van der Waals surface area (Å²) < 4.78 is 12.2. The van der Waals surface area contributed by atoms with Crippen molar-refractivity contribution in [3.63, 3.8) is 0 Å². The Morgan fingerprint density at radius 2 is 1.81 bits per heavy atom. The number of aryl methyl sites for hydroxylation is 1. The van der Waals surface area contributed by atoms with E-state index in [0.29, 0.717) is 38.9 Å². The number of nitrogens with zero attached hydrogens (tertiary/aromatic N) is 1. The van der Waals surface area contributed by atoms with Gasteiger partial charge in [-0.3, -0.25) is 4.79 Å². The second-order valence-electron chi connectivity index (χ2n) is 7.63. The molecule has 0 saturated carbocycles. The third-order valence-electron chi connectivity index (χ3n) is 5.07. The van der Waals surface area contributed by atoms with E-state index in [4.69, 9.17) is 26.2 Å². The van der Waals surface area contributed by atoms with E-state index in [-0.39, 0.29) is 17.7 Å². The van der Waals surface area contributed by atoms with Crippen LogP contribution in [-0.2, 0) is 11.4 Å². The fourth-order valence-corrected chi connectivity index (χ4v) is 3.78. The quantitative estimate of drug-likeness (QED) is 0.221. The van der Waals surface area contributed by atoms with E-state index in [9.17, 15) is 14.9 Å². The van der Waals surface area contributed by atoms with Crippen molar-refractivity contribution in [3.05, 3.63) is 91.9 Å². The number of anilines is 1. The van der Waals surface area contributed by atoms with Crippen LogP contribution in [0.5, 0.6) is 11.5 Å². The molecule has 0 aliphatic heterocycles. The topological polar surface area (TPSA) is 109 Å². The maximum Gasteiger partial charge on any atom is 0.335 e. The zero-order valence-electron chi connectivity index (χ0n) is 19.5. The number of hydrogen-bond acceptors (Lipinski definition) is 5. The maximum atomic E-state index is 12.8. The lowest BCUT2D eigenvalue weighted by molar-refractivity contribution is -0.112. The number of nitriles is 1. The van der Waals surface area contributed by atoms with Crippen LogP contribution in [0.1, 0.15) is 34.0 Å². The minimum atomic E-state index is -0.998. The van der Waals surface area contributed by atoms with E-state index in [1.807, 2.05) is 19.9 Å². The first kappa shape index (κ1) is 26.8. The highest BCUT2D eigenvalue weighted by Crippen LogP contribution is 2.35. The molecular formula is C27H22BrClN2O5. The fraction of sp³-hybridized carbons (Fsp3) is 0.148. The summed E-state index contributed by atoms with van der Waals surface area (Å²) in [5, 5.41) is 21.9. The van der Waals surface area contributed by atoms with Crippen LogP contribution in [0, 0.1) is 18.3 Å². The second-order valence-corrected chi connectivity index (χ2v) is 8.92. The van der Waals surface area contributed by atoms with E-state index >= 15 is 0 Å². The Labute approximate surface area is 222 Å². The van der Waals surface area contributed by atoms with Crippen LogP contribution in [-0.4, -0.2) is 23.6 Å². The number of carboxylic acid groups (broad SMARTS) is 1. The SMILES string of the molecule is CCOc1cc(/C=C(\C#N)C(=O)Nc2cc(Cl)ccc2C)c(Br)cc1OCc1ccc(C(=O)O)cc1. The van der Waals surface area contributed by atoms with E-state index in [1.54, 1.807) is 42.5 Å². The van der Waals surface area contributed by atoms with Crippen molar-refractivity contribution >= 4 is 51.2 Å². The van der Waals surface area contributed by atoms with Crippen LogP contribution >= 0.6 is 27.5 Å². The predicted molar refractivity (Wildman–Crippen MR) is 141 cm³/mol. The minimum absolute atomic E-state index is 0.107. The number of ether oxygens (including phenoxy) is 2. The molecule has 36 heavy (non-hydrogen) atoms. The number of benzene rings is 3. The van der Waals surface area contributed by atoms with Crippen molar-refractivity contribution < 1.29 is 24.2 Å². The lowest BCUT2D eigenvalue weighted by Crippen LogP contribution is -2.14. The van der Waals surface area contributed by atoms with Crippen LogP contribution in [0.4, 0.5) is 5.69 Å². The van der Waals surface area contributed by atoms with Gasteiger partial charge in [-0.2, -0.15) is 5.26 Å². The van der Waals surface area contributed by atoms with Crippen LogP contribution in [0.15, 0.2) is 64.6 Å². The van der Waals surface area contributed by atoms with Crippen LogP contribution in [0.3, 0.4) is 0 Å². The van der Waals surface area contributed by atoms with Crippen molar-refractivity contribution in [3.8, 4) is 17.6 Å². The molecule has 3 aromatic rings. The Morgan fingerprint density at radius 1 is 1.11 bits per heavy atom. The molecule has 0 fully saturated rings. The summed E-state index contributed by atoms with van der Waals surface area (Å²) in [6.07, 6.45) is 1.45. The Kier molecular flexibility index (Phi) is 9.12. The number of halogens is 2. The predicted octanol–water partition coefficient (Wildman–Crippen LogP) is 6.63. The first-order valence-electron chi connectivity index (χ1n) is 10.8. The molecule has 0 heterocycles. The molecule has 2 N–H and O–H groups in total. The second kappa shape index (κ2) is 12.2. The summed E-state index contributed by atoms with van der Waals surface area (Å²) in [6.45, 7) is 4.21. The van der Waals surface area contributed by atoms with Crippen molar-refractivity contribution in [1.82, 2.24) is 0 Å². The third kappa shape index (κ3) is 6.87. The molecule has 184 valence electrons. The maximum absolute atomic E-state index is 12.8. The number of nitrogens with one attached hydrogen (secondary N) is 1. The zero-order chi connectivity index (χ0) is 26.2. The summed E-state index contributed by atoms with van der Waals surface area (Å²) in [5.41, 5.74) is 2.74. The highest BCUT2D eigenvalue weighted by atomic mass is 79.9. The molecule has 9 heteroatoms. The van der Waals surface area contributed by atoms with Gasteiger partial charge in [0.1, 0.15) is 18.2 Å². The number of carboxylic acids is 1. The Hall–Kier alpha value is -3.80. The van der Waals surface area contributed by atoms with Gasteiger partial charge in [-0.05, 0) is 73.0 Å². The molecule has 0 unspecified atom stereocenters. The number of hydrogen-bond donors (Lipinski definition) is 2. The molecule has 7 nitrogen and oxygen atoms in total. The zero-order valence-corrected chi connectivity index (χ0v) is 21.8. The third-order valence-corrected chi connectivity index (χ3v) is 5.99. The molecule has 0 spiro atoms. The van der Waals surface area contributed by atoms with Gasteiger partial charge in [0.05, 0.1) is 12.2 Å². The van der Waals surface area contributed by atoms with E-state index in [0.717, 1.165) is 11.1 Å². The summed E-state index contributed by atoms with van der Waals surface area (Å²) in [5.74, 6) is -0.696. The Bertz CT molecular complexity index is 1360. The standard InChI is InChI=1S/C27H22BrClN2O5/c1-3-35-24-11-19(10-20(14-30)26(32)31-23-12-21(29)9-4-16(23)2)22(28)13-25(24)36-15-17-5-7-18(8-6-17)27(33)34/h4-13H,3,15H2,1-2H3,(H,31,32)(H,33,34)/b20-10+. The molecule has 1 amide bonds. The lowest BCUT2D eigenvalue weighted by Gasteiger charge is -2.14. The fourth-order valence-electron chi connectivity index (χ4n) is 3.17. The van der Waals surface area contributed by atoms with Crippen molar-refractivity contribution in [2.75, 3.05) is 11.9 Å². The van der Waals surface area contributed by atoms with Gasteiger partial charge in [-0.15, -0.1) is 0 Å². The summed E-state index contributed by atoms with van der Waals surface area (Å²) in [6, 6.07) is 16.8. The van der Waals surface area contributed by atoms with Crippen molar-refractivity contribution in [2.45, 2.75) is 20.5 Å². The normalized spacial score (nSPS) is 10.9. The Balaban J connectivity index is 1.84. The molecular weight excluding hydrogens is 548 g/mol. The molecule has 0 bridgehead atoms. The first-order chi connectivity index (χ1) is 17.2. The van der Waals surface area contributed by atoms with Gasteiger partial charge in [0.25, 0.3) is 5.91 Å². The van der Waals surface area contributed by atoms with E-state index < -0.39 is 11.9 Å². The first-order valence-corrected chi connectivity index (χ1v) is 12.0. The minimum Gasteiger partial charge on any atom is -0.490 e. The van der Waals surface area contributed by atoms with Crippen molar-refractivity contribution in [1.29, 1.82) is 5.26 Å². The van der Waals surface area contributed by atoms with E-state index in [1.165, 1.54) is 18.2 Å². The monoisotopic (exact) mass is 568 g/mol. The molecule has 3 rings (SSSR count). The van der Waals surface area contributed by atoms with Gasteiger partial charge in [0.2, 0.25) is 0 Å². The lowest BCUT2D eigenvalue weighted by atomic mass is 10.1. The summed E-state index contributed by atoms with van der Waals surface area (Å²) in [7, 11) is 0. The molecule has 0 aromatic heterocycles. The Morgan fingerprint density at radius 3 is 2.44 bits per heavy atom. The van der Waals surface area contributed by atoms with Crippen LogP contribution < -0.4 is 14.8 Å². The number of aromatic carboxylic acids is 1. The summed E-state index contributed by atoms with van der Waals surface area (Å²) in [4.78, 5) is 23.8. The van der Waals surface area contributed by atoms with E-state index in [2.05, 4.69) is 21.2 Å². The number of rotatable bonds is 9. The molecule has 0 radical (unpaired) electrons. The molecule has 0 aliphatic carbocycles. The molecule has 0 aliphatic rings. The van der Waals surface area contributed by atoms with Crippen LogP contribution in [0.25, 0.3) is 6.08 Å². The van der Waals surface area contributed by atoms with Gasteiger partial charge in [0, 0.05) is 15.2 Å². The van der Waals surface area contributed by atoms with Gasteiger partial charge in [-0.1, -0.05) is 45.7 Å². The molecule has 3 aromatic carbocycles. The number of amides is 1. The van der Waals surface area contributed by atoms with Gasteiger partial charge >= 0.3 is 5.97 Å². The van der Waals surface area contributed by atoms with Gasteiger partial charge in [0.15, 0.2) is 11.5 Å². The number of carbonyl (C=O) groups is 2. The van der Waals surface area contributed by atoms with Crippen molar-refractivity contribution in [2.24, 2.45) is 0 Å². The largest absolute Gasteiger partial charge is 0.490 e. The van der Waals surface area contributed by atoms with Crippen LogP contribution in [0.2, 0.25) is 5.02 Å². The average molecular weight is 570 g/mol. The highest BCUT2D eigenvalue weighted by molar-refractivity contribution is 9.10. The number of carbonyl (C=O) groups excluding carboxylic acids is 1. The average Bonchev–Trinajstić information content (AvgIpc) is 2.85. The smallest absolute Gasteiger partial charge is 0.335 e.